The number of rotatable bonds is 3. The van der Waals surface area contributed by atoms with E-state index < -0.39 is 0 Å². The van der Waals surface area contributed by atoms with E-state index in [2.05, 4.69) is 12.4 Å². The van der Waals surface area contributed by atoms with Crippen molar-refractivity contribution in [3.05, 3.63) is 0 Å². The number of nitrogens with one attached hydrogen (secondary N) is 1. The number of hydrogen-bond acceptors (Lipinski definition) is 3. The first-order chi connectivity index (χ1) is 5.81. The molecule has 0 saturated carbocycles. The molecule has 4 atom stereocenters. The number of hydrogen-bond donors (Lipinski definition) is 1. The molecule has 3 heteroatoms. The Kier molecular flexibility index (Phi) is 2.35. The first kappa shape index (κ1) is 8.48. The van der Waals surface area contributed by atoms with E-state index in [1.807, 2.05) is 0 Å². The van der Waals surface area contributed by atoms with Crippen molar-refractivity contribution >= 4 is 0 Å². The van der Waals surface area contributed by atoms with Gasteiger partial charge in [-0.05, 0) is 26.2 Å². The molecule has 2 bridgehead atoms. The summed E-state index contributed by atoms with van der Waals surface area (Å²) in [5, 5.41) is 0. The van der Waals surface area contributed by atoms with Crippen LogP contribution in [0, 0.1) is 5.92 Å². The summed E-state index contributed by atoms with van der Waals surface area (Å²) in [5.74, 6) is 0.656. The van der Waals surface area contributed by atoms with Crippen LogP contribution >= 0.6 is 0 Å². The Labute approximate surface area is 73.4 Å². The second kappa shape index (κ2) is 3.32. The van der Waals surface area contributed by atoms with Crippen molar-refractivity contribution < 1.29 is 9.57 Å². The first-order valence-corrected chi connectivity index (χ1v) is 4.75. The summed E-state index contributed by atoms with van der Waals surface area (Å²) in [6.45, 7) is 2.16. The van der Waals surface area contributed by atoms with Gasteiger partial charge in [0.15, 0.2) is 0 Å². The zero-order chi connectivity index (χ0) is 8.55. The third kappa shape index (κ3) is 1.37. The zero-order valence-corrected chi connectivity index (χ0v) is 7.75. The number of fused-ring (bicyclic) bond motifs is 2. The summed E-state index contributed by atoms with van der Waals surface area (Å²) in [6, 6.07) is 0.422. The molecule has 0 spiro atoms. The molecule has 0 aromatic rings. The van der Waals surface area contributed by atoms with Crippen LogP contribution in [0.2, 0.25) is 0 Å². The summed E-state index contributed by atoms with van der Waals surface area (Å²) >= 11 is 0. The monoisotopic (exact) mass is 171 g/mol. The SMILES string of the molecule is CONC(C)C1CC2CCC1O2. The van der Waals surface area contributed by atoms with E-state index in [9.17, 15) is 0 Å². The second-order valence-corrected chi connectivity index (χ2v) is 3.88. The third-order valence-electron chi connectivity index (χ3n) is 3.10. The normalized spacial score (nSPS) is 42.0. The van der Waals surface area contributed by atoms with Gasteiger partial charge in [0.05, 0.1) is 19.3 Å². The third-order valence-corrected chi connectivity index (χ3v) is 3.10. The molecule has 2 rings (SSSR count). The minimum atomic E-state index is 0.422. The quantitative estimate of drug-likeness (QED) is 0.645. The average Bonchev–Trinajstić information content (AvgIpc) is 2.64. The summed E-state index contributed by atoms with van der Waals surface area (Å²) in [7, 11) is 1.67. The Hall–Kier alpha value is -0.120. The van der Waals surface area contributed by atoms with Crippen molar-refractivity contribution in [3.63, 3.8) is 0 Å². The lowest BCUT2D eigenvalue weighted by molar-refractivity contribution is 0.0271. The van der Waals surface area contributed by atoms with Gasteiger partial charge in [-0.25, -0.2) is 0 Å². The molecule has 2 saturated heterocycles. The highest BCUT2D eigenvalue weighted by Gasteiger charge is 2.42. The van der Waals surface area contributed by atoms with Gasteiger partial charge < -0.3 is 9.57 Å². The Morgan fingerprint density at radius 3 is 2.83 bits per heavy atom. The maximum atomic E-state index is 5.76. The molecule has 70 valence electrons. The zero-order valence-electron chi connectivity index (χ0n) is 7.75. The summed E-state index contributed by atoms with van der Waals surface area (Å²) < 4.78 is 5.76. The second-order valence-electron chi connectivity index (χ2n) is 3.88. The molecule has 0 aromatic carbocycles. The molecule has 2 aliphatic heterocycles. The summed E-state index contributed by atoms with van der Waals surface area (Å²) in [6.07, 6.45) is 4.75. The molecule has 0 aliphatic carbocycles. The average molecular weight is 171 g/mol. The summed E-state index contributed by atoms with van der Waals surface area (Å²) in [5.41, 5.74) is 2.99. The first-order valence-electron chi connectivity index (χ1n) is 4.75. The Bertz CT molecular complexity index is 163. The lowest BCUT2D eigenvalue weighted by Crippen LogP contribution is -2.37. The summed E-state index contributed by atoms with van der Waals surface area (Å²) in [4.78, 5) is 4.92. The van der Waals surface area contributed by atoms with Crippen LogP contribution in [0.3, 0.4) is 0 Å². The molecule has 0 radical (unpaired) electrons. The molecule has 2 heterocycles. The van der Waals surface area contributed by atoms with Gasteiger partial charge >= 0.3 is 0 Å². The van der Waals surface area contributed by atoms with E-state index in [1.165, 1.54) is 19.3 Å². The van der Waals surface area contributed by atoms with Crippen molar-refractivity contribution in [1.82, 2.24) is 5.48 Å². The van der Waals surface area contributed by atoms with Crippen molar-refractivity contribution in [2.45, 2.75) is 44.4 Å². The van der Waals surface area contributed by atoms with Crippen LogP contribution in [0.4, 0.5) is 0 Å². The van der Waals surface area contributed by atoms with Crippen LogP contribution in [0.25, 0.3) is 0 Å². The predicted molar refractivity (Wildman–Crippen MR) is 45.6 cm³/mol. The van der Waals surface area contributed by atoms with E-state index in [0.717, 1.165) is 0 Å². The molecule has 1 N–H and O–H groups in total. The standard InChI is InChI=1S/C9H17NO2/c1-6(10-11-2)8-5-7-3-4-9(8)12-7/h6-10H,3-5H2,1-2H3. The van der Waals surface area contributed by atoms with Crippen LogP contribution < -0.4 is 5.48 Å². The van der Waals surface area contributed by atoms with Gasteiger partial charge in [0, 0.05) is 12.0 Å². The van der Waals surface area contributed by atoms with E-state index in [0.29, 0.717) is 24.2 Å². The van der Waals surface area contributed by atoms with E-state index in [4.69, 9.17) is 9.57 Å². The minimum absolute atomic E-state index is 0.422. The van der Waals surface area contributed by atoms with Gasteiger partial charge in [-0.3, -0.25) is 0 Å². The van der Waals surface area contributed by atoms with Gasteiger partial charge in [0.1, 0.15) is 0 Å². The molecular weight excluding hydrogens is 154 g/mol. The smallest absolute Gasteiger partial charge is 0.0624 e. The fourth-order valence-electron chi connectivity index (χ4n) is 2.48. The maximum Gasteiger partial charge on any atom is 0.0624 e. The molecule has 2 aliphatic rings. The molecule has 0 amide bonds. The van der Waals surface area contributed by atoms with Crippen molar-refractivity contribution in [1.29, 1.82) is 0 Å². The van der Waals surface area contributed by atoms with Crippen LogP contribution in [-0.4, -0.2) is 25.4 Å². The lowest BCUT2D eigenvalue weighted by Gasteiger charge is -2.24. The highest BCUT2D eigenvalue weighted by molar-refractivity contribution is 4.92. The van der Waals surface area contributed by atoms with E-state index >= 15 is 0 Å². The van der Waals surface area contributed by atoms with Gasteiger partial charge in [0.2, 0.25) is 0 Å². The van der Waals surface area contributed by atoms with Crippen LogP contribution in [0.15, 0.2) is 0 Å². The van der Waals surface area contributed by atoms with Crippen LogP contribution in [-0.2, 0) is 9.57 Å². The molecule has 4 unspecified atom stereocenters. The van der Waals surface area contributed by atoms with E-state index in [1.54, 1.807) is 7.11 Å². The molecular formula is C9H17NO2. The Morgan fingerprint density at radius 1 is 1.50 bits per heavy atom. The van der Waals surface area contributed by atoms with Crippen molar-refractivity contribution in [2.24, 2.45) is 5.92 Å². The minimum Gasteiger partial charge on any atom is -0.375 e. The highest BCUT2D eigenvalue weighted by atomic mass is 16.6. The van der Waals surface area contributed by atoms with Crippen molar-refractivity contribution in [3.8, 4) is 0 Å². The maximum absolute atomic E-state index is 5.76. The van der Waals surface area contributed by atoms with Crippen molar-refractivity contribution in [2.75, 3.05) is 7.11 Å². The molecule has 12 heavy (non-hydrogen) atoms. The Morgan fingerprint density at radius 2 is 2.33 bits per heavy atom. The van der Waals surface area contributed by atoms with Gasteiger partial charge in [-0.2, -0.15) is 5.48 Å². The van der Waals surface area contributed by atoms with E-state index in [-0.39, 0.29) is 0 Å². The van der Waals surface area contributed by atoms with Gasteiger partial charge in [-0.15, -0.1) is 0 Å². The molecule has 2 fully saturated rings. The number of ether oxygens (including phenoxy) is 1. The number of hydroxylamine groups is 1. The largest absolute Gasteiger partial charge is 0.375 e. The van der Waals surface area contributed by atoms with Gasteiger partial charge in [0.25, 0.3) is 0 Å². The fraction of sp³-hybridized carbons (Fsp3) is 1.00. The van der Waals surface area contributed by atoms with Gasteiger partial charge in [-0.1, -0.05) is 0 Å². The topological polar surface area (TPSA) is 30.5 Å². The Balaban J connectivity index is 1.89. The van der Waals surface area contributed by atoms with Crippen LogP contribution in [0.1, 0.15) is 26.2 Å². The lowest BCUT2D eigenvalue weighted by atomic mass is 9.85. The molecule has 3 nitrogen and oxygen atoms in total. The predicted octanol–water partition coefficient (Wildman–Crippen LogP) is 1.09. The van der Waals surface area contributed by atoms with Crippen LogP contribution in [0.5, 0.6) is 0 Å². The molecule has 0 aromatic heterocycles. The fourth-order valence-corrected chi connectivity index (χ4v) is 2.48. The highest BCUT2D eigenvalue weighted by Crippen LogP contribution is 2.40.